The first kappa shape index (κ1) is 21.6. The molecule has 3 heterocycles. The van der Waals surface area contributed by atoms with E-state index in [0.717, 1.165) is 48.9 Å². The lowest BCUT2D eigenvalue weighted by molar-refractivity contribution is -0.132. The molecule has 0 aliphatic carbocycles. The number of carbonyl (C=O) groups is 2. The second-order valence-electron chi connectivity index (χ2n) is 9.03. The number of urea groups is 1. The Hall–Kier alpha value is -3.26. The summed E-state index contributed by atoms with van der Waals surface area (Å²) in [6, 6.07) is 15.1. The van der Waals surface area contributed by atoms with Crippen molar-refractivity contribution in [1.29, 1.82) is 0 Å². The third kappa shape index (κ3) is 3.68. The zero-order chi connectivity index (χ0) is 23.1. The number of hydrogen-bond donors (Lipinski definition) is 1. The number of fused-ring (bicyclic) bond motifs is 3. The molecule has 0 saturated carbocycles. The predicted octanol–water partition coefficient (Wildman–Crippen LogP) is 2.32. The van der Waals surface area contributed by atoms with Crippen LogP contribution in [0.15, 0.2) is 48.5 Å². The molecule has 2 aromatic rings. The number of nitrogens with zero attached hydrogens (tertiary/aromatic N) is 4. The second kappa shape index (κ2) is 8.59. The molecule has 3 unspecified atom stereocenters. The quantitative estimate of drug-likeness (QED) is 0.756. The third-order valence-electron chi connectivity index (χ3n) is 7.24. The summed E-state index contributed by atoms with van der Waals surface area (Å²) in [4.78, 5) is 34.4. The average Bonchev–Trinajstić information content (AvgIpc) is 3.13. The Balaban J connectivity index is 1.23. The van der Waals surface area contributed by atoms with Crippen molar-refractivity contribution in [2.75, 3.05) is 56.7 Å². The zero-order valence-corrected chi connectivity index (χ0v) is 19.4. The first-order chi connectivity index (χ1) is 16.0. The minimum Gasteiger partial charge on any atom is -0.495 e. The summed E-state index contributed by atoms with van der Waals surface area (Å²) in [6.45, 7) is 5.94. The van der Waals surface area contributed by atoms with E-state index in [0.29, 0.717) is 6.54 Å². The smallest absolute Gasteiger partial charge is 0.324 e. The maximum atomic E-state index is 13.4. The van der Waals surface area contributed by atoms with E-state index in [1.54, 1.807) is 7.11 Å². The molecule has 8 nitrogen and oxygen atoms in total. The summed E-state index contributed by atoms with van der Waals surface area (Å²) >= 11 is 0. The Labute approximate surface area is 194 Å². The number of hydrogen-bond acceptors (Lipinski definition) is 6. The lowest BCUT2D eigenvalue weighted by Crippen LogP contribution is -2.63. The van der Waals surface area contributed by atoms with Gasteiger partial charge in [0.1, 0.15) is 11.8 Å². The first-order valence-corrected chi connectivity index (χ1v) is 11.5. The average molecular weight is 450 g/mol. The molecule has 8 heteroatoms. The Kier molecular flexibility index (Phi) is 5.62. The number of methoxy groups -OCH3 is 1. The lowest BCUT2D eigenvalue weighted by atomic mass is 10.00. The molecule has 3 atom stereocenters. The van der Waals surface area contributed by atoms with Gasteiger partial charge in [-0.15, -0.1) is 0 Å². The topological polar surface area (TPSA) is 68.4 Å². The van der Waals surface area contributed by atoms with Crippen molar-refractivity contribution in [3.05, 3.63) is 54.1 Å². The van der Waals surface area contributed by atoms with Crippen molar-refractivity contribution < 1.29 is 14.3 Å². The summed E-state index contributed by atoms with van der Waals surface area (Å²) in [5, 5.41) is 3.08. The molecule has 3 amide bonds. The van der Waals surface area contributed by atoms with Crippen molar-refractivity contribution in [2.45, 2.75) is 25.0 Å². The van der Waals surface area contributed by atoms with Crippen LogP contribution in [0.4, 0.5) is 16.2 Å². The van der Waals surface area contributed by atoms with Crippen molar-refractivity contribution in [3.8, 4) is 5.75 Å². The summed E-state index contributed by atoms with van der Waals surface area (Å²) in [6.07, 6.45) is 0. The number of likely N-dealkylation sites (N-methyl/N-ethyl adjacent to an activating group) is 1. The highest BCUT2D eigenvalue weighted by Gasteiger charge is 2.49. The van der Waals surface area contributed by atoms with Crippen LogP contribution in [0.25, 0.3) is 0 Å². The van der Waals surface area contributed by atoms with Crippen LogP contribution in [-0.2, 0) is 4.79 Å². The van der Waals surface area contributed by atoms with E-state index < -0.39 is 6.04 Å². The SMILES string of the molecule is COc1ccccc1N1CCN(C(C)CN2C(=O)NC3c4ccccc4N(C)C3C2=O)CC1. The third-order valence-corrected chi connectivity index (χ3v) is 7.24. The van der Waals surface area contributed by atoms with E-state index in [2.05, 4.69) is 28.1 Å². The van der Waals surface area contributed by atoms with Crippen LogP contribution in [0.3, 0.4) is 0 Å². The molecular formula is C25H31N5O3. The number of ether oxygens (including phenoxy) is 1. The number of benzene rings is 2. The van der Waals surface area contributed by atoms with Gasteiger partial charge >= 0.3 is 6.03 Å². The Morgan fingerprint density at radius 3 is 2.39 bits per heavy atom. The number of rotatable bonds is 5. The van der Waals surface area contributed by atoms with Gasteiger partial charge < -0.3 is 19.9 Å². The summed E-state index contributed by atoms with van der Waals surface area (Å²) in [7, 11) is 3.63. The van der Waals surface area contributed by atoms with Crippen molar-refractivity contribution in [3.63, 3.8) is 0 Å². The Morgan fingerprint density at radius 2 is 1.67 bits per heavy atom. The molecule has 2 fully saturated rings. The van der Waals surface area contributed by atoms with Gasteiger partial charge in [0.25, 0.3) is 5.91 Å². The van der Waals surface area contributed by atoms with Gasteiger partial charge in [-0.05, 0) is 25.1 Å². The van der Waals surface area contributed by atoms with Gasteiger partial charge in [-0.2, -0.15) is 0 Å². The second-order valence-corrected chi connectivity index (χ2v) is 9.03. The van der Waals surface area contributed by atoms with Crippen LogP contribution in [0.5, 0.6) is 5.75 Å². The molecule has 33 heavy (non-hydrogen) atoms. The van der Waals surface area contributed by atoms with Gasteiger partial charge in [0.2, 0.25) is 0 Å². The van der Waals surface area contributed by atoms with Crippen LogP contribution < -0.4 is 19.9 Å². The molecule has 2 saturated heterocycles. The van der Waals surface area contributed by atoms with Gasteiger partial charge in [-0.3, -0.25) is 14.6 Å². The number of carbonyl (C=O) groups excluding carboxylic acids is 2. The molecule has 3 aliphatic heterocycles. The highest BCUT2D eigenvalue weighted by atomic mass is 16.5. The fraction of sp³-hybridized carbons (Fsp3) is 0.440. The molecule has 1 N–H and O–H groups in total. The van der Waals surface area contributed by atoms with E-state index >= 15 is 0 Å². The maximum absolute atomic E-state index is 13.4. The van der Waals surface area contributed by atoms with Crippen LogP contribution in [0.2, 0.25) is 0 Å². The summed E-state index contributed by atoms with van der Waals surface area (Å²) in [5.74, 6) is 0.757. The van der Waals surface area contributed by atoms with E-state index in [9.17, 15) is 9.59 Å². The molecule has 2 aromatic carbocycles. The predicted molar refractivity (Wildman–Crippen MR) is 128 cm³/mol. The maximum Gasteiger partial charge on any atom is 0.324 e. The summed E-state index contributed by atoms with van der Waals surface area (Å²) < 4.78 is 5.52. The van der Waals surface area contributed by atoms with E-state index in [1.807, 2.05) is 54.4 Å². The van der Waals surface area contributed by atoms with Crippen LogP contribution >= 0.6 is 0 Å². The van der Waals surface area contributed by atoms with Gasteiger partial charge in [0.15, 0.2) is 0 Å². The van der Waals surface area contributed by atoms with Crippen molar-refractivity contribution in [2.24, 2.45) is 0 Å². The lowest BCUT2D eigenvalue weighted by Gasteiger charge is -2.42. The molecule has 0 aromatic heterocycles. The summed E-state index contributed by atoms with van der Waals surface area (Å²) in [5.41, 5.74) is 3.11. The van der Waals surface area contributed by atoms with Gasteiger partial charge in [0, 0.05) is 57.1 Å². The molecular weight excluding hydrogens is 418 g/mol. The van der Waals surface area contributed by atoms with Crippen LogP contribution in [0, 0.1) is 0 Å². The Bertz CT molecular complexity index is 1050. The van der Waals surface area contributed by atoms with E-state index in [1.165, 1.54) is 4.90 Å². The van der Waals surface area contributed by atoms with Gasteiger partial charge in [-0.25, -0.2) is 4.79 Å². The number of piperazine rings is 1. The van der Waals surface area contributed by atoms with Crippen LogP contribution in [-0.4, -0.2) is 80.7 Å². The minimum atomic E-state index is -0.394. The fourth-order valence-electron chi connectivity index (χ4n) is 5.40. The number of para-hydroxylation sites is 3. The molecule has 174 valence electrons. The highest BCUT2D eigenvalue weighted by molar-refractivity contribution is 6.03. The van der Waals surface area contributed by atoms with Crippen molar-refractivity contribution in [1.82, 2.24) is 15.1 Å². The monoisotopic (exact) mass is 449 g/mol. The normalized spacial score (nSPS) is 23.8. The molecule has 0 radical (unpaired) electrons. The number of imide groups is 1. The van der Waals surface area contributed by atoms with E-state index in [4.69, 9.17) is 4.74 Å². The fourth-order valence-corrected chi connectivity index (χ4v) is 5.40. The molecule has 0 spiro atoms. The first-order valence-electron chi connectivity index (χ1n) is 11.5. The van der Waals surface area contributed by atoms with Gasteiger partial charge in [-0.1, -0.05) is 30.3 Å². The molecule has 5 rings (SSSR count). The largest absolute Gasteiger partial charge is 0.495 e. The van der Waals surface area contributed by atoms with Crippen molar-refractivity contribution >= 4 is 23.3 Å². The molecule has 3 aliphatic rings. The number of anilines is 2. The number of nitrogens with one attached hydrogen (secondary N) is 1. The Morgan fingerprint density at radius 1 is 1.00 bits per heavy atom. The standard InChI is InChI=1S/C25H31N5O3/c1-17(28-12-14-29(15-13-28)20-10-6-7-11-21(20)33-3)16-30-24(31)23-22(26-25(30)32)18-8-4-5-9-19(18)27(23)2/h4-11,17,22-23H,12-16H2,1-3H3,(H,26,32). The van der Waals surface area contributed by atoms with Gasteiger partial charge in [0.05, 0.1) is 18.8 Å². The minimum absolute atomic E-state index is 0.0742. The van der Waals surface area contributed by atoms with E-state index in [-0.39, 0.29) is 24.0 Å². The molecule has 0 bridgehead atoms. The number of amides is 3. The highest BCUT2D eigenvalue weighted by Crippen LogP contribution is 2.40. The zero-order valence-electron chi connectivity index (χ0n) is 19.4. The van der Waals surface area contributed by atoms with Crippen LogP contribution in [0.1, 0.15) is 18.5 Å².